The van der Waals surface area contributed by atoms with E-state index < -0.39 is 18.1 Å². The molecule has 0 saturated carbocycles. The molecule has 3 aromatic rings. The molecule has 1 atom stereocenters. The number of hydrogen-bond acceptors (Lipinski definition) is 4. The highest BCUT2D eigenvalue weighted by atomic mass is 16.5. The molecule has 35 heavy (non-hydrogen) atoms. The van der Waals surface area contributed by atoms with Gasteiger partial charge in [0.2, 0.25) is 5.91 Å². The summed E-state index contributed by atoms with van der Waals surface area (Å²) >= 11 is 0. The molecule has 0 radical (unpaired) electrons. The van der Waals surface area contributed by atoms with E-state index in [0.717, 1.165) is 16.7 Å². The predicted octanol–water partition coefficient (Wildman–Crippen LogP) is 4.96. The number of aryl methyl sites for hydroxylation is 1. The minimum atomic E-state index is -0.954. The second-order valence-corrected chi connectivity index (χ2v) is 8.72. The van der Waals surface area contributed by atoms with Crippen molar-refractivity contribution >= 4 is 23.7 Å². The number of rotatable bonds is 9. The summed E-state index contributed by atoms with van der Waals surface area (Å²) in [6.07, 6.45) is 0.0272. The van der Waals surface area contributed by atoms with Crippen molar-refractivity contribution < 1.29 is 24.2 Å². The molecule has 0 spiro atoms. The monoisotopic (exact) mass is 472 g/mol. The van der Waals surface area contributed by atoms with Crippen LogP contribution in [0.4, 0.5) is 10.5 Å². The van der Waals surface area contributed by atoms with E-state index >= 15 is 0 Å². The molecule has 1 aliphatic rings. The first-order chi connectivity index (χ1) is 16.9. The molecule has 180 valence electrons. The molecule has 3 aromatic carbocycles. The normalized spacial score (nSPS) is 12.8. The van der Waals surface area contributed by atoms with Gasteiger partial charge in [0, 0.05) is 24.1 Å². The van der Waals surface area contributed by atoms with Crippen molar-refractivity contribution in [3.05, 3.63) is 89.5 Å². The van der Waals surface area contributed by atoms with Crippen molar-refractivity contribution in [2.45, 2.75) is 38.1 Å². The first-order valence-corrected chi connectivity index (χ1v) is 11.6. The van der Waals surface area contributed by atoms with Crippen LogP contribution in [0.3, 0.4) is 0 Å². The molecule has 0 aromatic heterocycles. The Morgan fingerprint density at radius 3 is 2.26 bits per heavy atom. The maximum absolute atomic E-state index is 12.5. The van der Waals surface area contributed by atoms with Gasteiger partial charge in [-0.25, -0.2) is 4.79 Å². The zero-order valence-electron chi connectivity index (χ0n) is 19.5. The number of carbonyl (C=O) groups is 3. The van der Waals surface area contributed by atoms with Crippen LogP contribution < -0.4 is 10.6 Å². The molecule has 0 heterocycles. The van der Waals surface area contributed by atoms with E-state index in [-0.39, 0.29) is 31.3 Å². The molecule has 0 aliphatic heterocycles. The maximum Gasteiger partial charge on any atom is 0.411 e. The van der Waals surface area contributed by atoms with Crippen LogP contribution in [0.1, 0.15) is 42.4 Å². The molecular formula is C28H28N2O5. The van der Waals surface area contributed by atoms with E-state index in [1.807, 2.05) is 30.3 Å². The van der Waals surface area contributed by atoms with E-state index in [9.17, 15) is 14.4 Å². The quantitative estimate of drug-likeness (QED) is 0.408. The third kappa shape index (κ3) is 6.06. The van der Waals surface area contributed by atoms with Crippen LogP contribution in [0.25, 0.3) is 11.1 Å². The van der Waals surface area contributed by atoms with Gasteiger partial charge < -0.3 is 15.2 Å². The van der Waals surface area contributed by atoms with Crippen molar-refractivity contribution in [1.29, 1.82) is 0 Å². The van der Waals surface area contributed by atoms with Crippen molar-refractivity contribution in [2.24, 2.45) is 0 Å². The number of benzene rings is 3. The van der Waals surface area contributed by atoms with E-state index in [1.165, 1.54) is 11.1 Å². The largest absolute Gasteiger partial charge is 0.481 e. The number of nitrogens with one attached hydrogen (secondary N) is 2. The fraction of sp³-hybridized carbons (Fsp3) is 0.250. The number of carboxylic acid groups (broad SMARTS) is 1. The van der Waals surface area contributed by atoms with Gasteiger partial charge >= 0.3 is 12.1 Å². The van der Waals surface area contributed by atoms with E-state index in [2.05, 4.69) is 34.9 Å². The fourth-order valence-corrected chi connectivity index (χ4v) is 4.47. The van der Waals surface area contributed by atoms with E-state index in [1.54, 1.807) is 25.1 Å². The fourth-order valence-electron chi connectivity index (χ4n) is 4.47. The Bertz CT molecular complexity index is 1190. The summed E-state index contributed by atoms with van der Waals surface area (Å²) in [5.74, 6) is -1.18. The molecule has 7 heteroatoms. The molecule has 0 saturated heterocycles. The highest BCUT2D eigenvalue weighted by molar-refractivity contribution is 5.85. The lowest BCUT2D eigenvalue weighted by Gasteiger charge is -2.15. The van der Waals surface area contributed by atoms with Crippen molar-refractivity contribution in [3.63, 3.8) is 0 Å². The highest BCUT2D eigenvalue weighted by Gasteiger charge is 2.29. The zero-order chi connectivity index (χ0) is 24.8. The van der Waals surface area contributed by atoms with Gasteiger partial charge in [0.1, 0.15) is 6.61 Å². The topological polar surface area (TPSA) is 105 Å². The van der Waals surface area contributed by atoms with Gasteiger partial charge in [-0.2, -0.15) is 0 Å². The molecule has 0 fully saturated rings. The smallest absolute Gasteiger partial charge is 0.411 e. The van der Waals surface area contributed by atoms with E-state index in [4.69, 9.17) is 9.84 Å². The molecule has 4 rings (SSSR count). The Kier molecular flexibility index (Phi) is 7.45. The van der Waals surface area contributed by atoms with Crippen LogP contribution >= 0.6 is 0 Å². The molecule has 7 nitrogen and oxygen atoms in total. The van der Waals surface area contributed by atoms with Gasteiger partial charge in [-0.05, 0) is 53.3 Å². The number of anilines is 1. The Balaban J connectivity index is 1.31. The summed E-state index contributed by atoms with van der Waals surface area (Å²) in [5.41, 5.74) is 6.11. The zero-order valence-corrected chi connectivity index (χ0v) is 19.5. The van der Waals surface area contributed by atoms with Crippen molar-refractivity contribution in [1.82, 2.24) is 5.32 Å². The second kappa shape index (κ2) is 10.9. The summed E-state index contributed by atoms with van der Waals surface area (Å²) in [5, 5.41) is 14.2. The van der Waals surface area contributed by atoms with Crippen LogP contribution in [0, 0.1) is 0 Å². The third-order valence-electron chi connectivity index (χ3n) is 6.05. The molecular weight excluding hydrogens is 444 g/mol. The lowest BCUT2D eigenvalue weighted by molar-refractivity contribution is -0.137. The van der Waals surface area contributed by atoms with Gasteiger partial charge in [-0.1, -0.05) is 60.7 Å². The summed E-state index contributed by atoms with van der Waals surface area (Å²) in [7, 11) is 0. The van der Waals surface area contributed by atoms with Crippen LogP contribution in [0.5, 0.6) is 0 Å². The number of carboxylic acids is 1. The molecule has 3 N–H and O–H groups in total. The van der Waals surface area contributed by atoms with Gasteiger partial charge in [0.25, 0.3) is 0 Å². The third-order valence-corrected chi connectivity index (χ3v) is 6.05. The molecule has 1 unspecified atom stereocenters. The van der Waals surface area contributed by atoms with Crippen LogP contribution in [-0.4, -0.2) is 35.7 Å². The van der Waals surface area contributed by atoms with Crippen molar-refractivity contribution in [2.75, 3.05) is 11.9 Å². The first-order valence-electron chi connectivity index (χ1n) is 11.6. The highest BCUT2D eigenvalue weighted by Crippen LogP contribution is 2.44. The Morgan fingerprint density at radius 2 is 1.60 bits per heavy atom. The van der Waals surface area contributed by atoms with E-state index in [0.29, 0.717) is 12.1 Å². The van der Waals surface area contributed by atoms with Crippen LogP contribution in [0.15, 0.2) is 72.8 Å². The van der Waals surface area contributed by atoms with Crippen LogP contribution in [0.2, 0.25) is 0 Å². The number of fused-ring (bicyclic) bond motifs is 3. The number of hydrogen-bond donors (Lipinski definition) is 3. The number of aliphatic carboxylic acids is 1. The second-order valence-electron chi connectivity index (χ2n) is 8.72. The Hall–Kier alpha value is -4.13. The maximum atomic E-state index is 12.5. The Morgan fingerprint density at radius 1 is 0.943 bits per heavy atom. The number of ether oxygens (including phenoxy) is 1. The molecule has 1 aliphatic carbocycles. The summed E-state index contributed by atoms with van der Waals surface area (Å²) in [6, 6.07) is 23.2. The van der Waals surface area contributed by atoms with Gasteiger partial charge in [-0.15, -0.1) is 0 Å². The first kappa shape index (κ1) is 24.0. The number of carbonyl (C=O) groups excluding carboxylic acids is 2. The summed E-state index contributed by atoms with van der Waals surface area (Å²) < 4.78 is 5.59. The molecule has 0 bridgehead atoms. The van der Waals surface area contributed by atoms with Gasteiger partial charge in [-0.3, -0.25) is 14.9 Å². The summed E-state index contributed by atoms with van der Waals surface area (Å²) in [6.45, 7) is 1.89. The van der Waals surface area contributed by atoms with Crippen LogP contribution in [-0.2, 0) is 20.7 Å². The number of amides is 2. The standard InChI is InChI=1S/C28H28N2O5/c1-18(15-27(32)33)29-26(31)14-13-19-7-6-8-20(16-19)30-28(34)35-17-25-23-11-4-2-9-21(23)22-10-3-5-12-24(22)25/h2-12,16,18,25H,13-15,17H2,1H3,(H,29,31)(H,30,34)(H,32,33). The SMILES string of the molecule is CC(CC(=O)O)NC(=O)CCc1cccc(NC(=O)OCC2c3ccccc3-c3ccccc32)c1. The molecule has 2 amide bonds. The van der Waals surface area contributed by atoms with Gasteiger partial charge in [0.15, 0.2) is 0 Å². The average Bonchev–Trinajstić information content (AvgIpc) is 3.15. The Labute approximate surface area is 204 Å². The minimum absolute atomic E-state index is 0.0125. The average molecular weight is 473 g/mol. The lowest BCUT2D eigenvalue weighted by atomic mass is 9.98. The lowest BCUT2D eigenvalue weighted by Crippen LogP contribution is -2.34. The minimum Gasteiger partial charge on any atom is -0.481 e. The van der Waals surface area contributed by atoms with Gasteiger partial charge in [0.05, 0.1) is 6.42 Å². The van der Waals surface area contributed by atoms with Crippen molar-refractivity contribution in [3.8, 4) is 11.1 Å². The summed E-state index contributed by atoms with van der Waals surface area (Å²) in [4.78, 5) is 35.3. The predicted molar refractivity (Wildman–Crippen MR) is 133 cm³/mol.